The highest BCUT2D eigenvalue weighted by molar-refractivity contribution is 5.79. The zero-order valence-corrected chi connectivity index (χ0v) is 13.0. The van der Waals surface area contributed by atoms with Crippen molar-refractivity contribution < 1.29 is 13.5 Å². The summed E-state index contributed by atoms with van der Waals surface area (Å²) in [6.07, 6.45) is 1.69. The van der Waals surface area contributed by atoms with Crippen LogP contribution in [0.25, 0.3) is 0 Å². The molecular weight excluding hydrogens is 304 g/mol. The second-order valence-electron chi connectivity index (χ2n) is 4.86. The number of alkyl halides is 2. The lowest BCUT2D eigenvalue weighted by atomic mass is 10.2. The lowest BCUT2D eigenvalue weighted by molar-refractivity contribution is -0.0498. The first-order valence-corrected chi connectivity index (χ1v) is 7.02. The predicted molar refractivity (Wildman–Crippen MR) is 83.3 cm³/mol. The number of hydrogen-bond donors (Lipinski definition) is 2. The Hall–Kier alpha value is -2.64. The van der Waals surface area contributed by atoms with Crippen LogP contribution in [0, 0.1) is 0 Å². The van der Waals surface area contributed by atoms with Gasteiger partial charge in [0.2, 0.25) is 0 Å². The minimum atomic E-state index is -2.81. The predicted octanol–water partition coefficient (Wildman–Crippen LogP) is 2.22. The molecule has 0 unspecified atom stereocenters. The summed E-state index contributed by atoms with van der Waals surface area (Å²) < 4.78 is 28.6. The maximum Gasteiger partial charge on any atom is 0.387 e. The molecule has 1 aromatic heterocycles. The van der Waals surface area contributed by atoms with Gasteiger partial charge in [-0.05, 0) is 23.8 Å². The zero-order valence-electron chi connectivity index (χ0n) is 13.0. The van der Waals surface area contributed by atoms with Crippen molar-refractivity contribution in [2.45, 2.75) is 19.7 Å². The van der Waals surface area contributed by atoms with Gasteiger partial charge in [0.1, 0.15) is 5.75 Å². The highest BCUT2D eigenvalue weighted by Crippen LogP contribution is 2.15. The van der Waals surface area contributed by atoms with E-state index in [0.717, 1.165) is 11.3 Å². The van der Waals surface area contributed by atoms with Crippen LogP contribution >= 0.6 is 0 Å². The van der Waals surface area contributed by atoms with Crippen molar-refractivity contribution in [2.24, 2.45) is 4.99 Å². The van der Waals surface area contributed by atoms with Crippen LogP contribution in [0.2, 0.25) is 0 Å². The molecule has 2 N–H and O–H groups in total. The molecule has 0 aliphatic carbocycles. The quantitative estimate of drug-likeness (QED) is 0.632. The van der Waals surface area contributed by atoms with Crippen LogP contribution in [0.5, 0.6) is 5.75 Å². The molecule has 0 bridgehead atoms. The number of ether oxygens (including phenoxy) is 1. The SMILES string of the molecule is CN=C(NCc1ccn[nH]1)N(C)Cc1ccc(OC(F)F)cc1. The highest BCUT2D eigenvalue weighted by atomic mass is 19.3. The lowest BCUT2D eigenvalue weighted by Crippen LogP contribution is -2.38. The average molecular weight is 323 g/mol. The summed E-state index contributed by atoms with van der Waals surface area (Å²) in [4.78, 5) is 6.14. The molecule has 0 saturated heterocycles. The molecule has 124 valence electrons. The fraction of sp³-hybridized carbons (Fsp3) is 0.333. The van der Waals surface area contributed by atoms with Gasteiger partial charge in [-0.15, -0.1) is 0 Å². The van der Waals surface area contributed by atoms with Crippen molar-refractivity contribution in [2.75, 3.05) is 14.1 Å². The number of guanidine groups is 1. The zero-order chi connectivity index (χ0) is 16.7. The van der Waals surface area contributed by atoms with Crippen molar-refractivity contribution in [3.63, 3.8) is 0 Å². The van der Waals surface area contributed by atoms with Crippen LogP contribution in [0.15, 0.2) is 41.5 Å². The molecule has 2 rings (SSSR count). The summed E-state index contributed by atoms with van der Waals surface area (Å²) in [5.41, 5.74) is 1.91. The van der Waals surface area contributed by atoms with E-state index in [2.05, 4.69) is 25.2 Å². The molecule has 0 aliphatic rings. The van der Waals surface area contributed by atoms with Gasteiger partial charge in [0.15, 0.2) is 5.96 Å². The number of benzene rings is 1. The maximum absolute atomic E-state index is 12.1. The van der Waals surface area contributed by atoms with E-state index in [1.165, 1.54) is 12.1 Å². The molecule has 1 aromatic carbocycles. The van der Waals surface area contributed by atoms with Crippen LogP contribution < -0.4 is 10.1 Å². The van der Waals surface area contributed by atoms with E-state index in [1.54, 1.807) is 25.4 Å². The number of nitrogens with zero attached hydrogens (tertiary/aromatic N) is 3. The molecule has 0 spiro atoms. The first kappa shape index (κ1) is 16.7. The van der Waals surface area contributed by atoms with Crippen LogP contribution in [-0.4, -0.2) is 41.8 Å². The number of rotatable bonds is 6. The smallest absolute Gasteiger partial charge is 0.387 e. The summed E-state index contributed by atoms with van der Waals surface area (Å²) in [5.74, 6) is 0.862. The minimum absolute atomic E-state index is 0.146. The Balaban J connectivity index is 1.89. The van der Waals surface area contributed by atoms with Gasteiger partial charge < -0.3 is 15.0 Å². The van der Waals surface area contributed by atoms with Crippen LogP contribution in [0.3, 0.4) is 0 Å². The van der Waals surface area contributed by atoms with Gasteiger partial charge in [-0.2, -0.15) is 13.9 Å². The fourth-order valence-corrected chi connectivity index (χ4v) is 2.07. The first-order chi connectivity index (χ1) is 11.1. The number of aromatic amines is 1. The van der Waals surface area contributed by atoms with Gasteiger partial charge >= 0.3 is 6.61 Å². The Morgan fingerprint density at radius 1 is 1.35 bits per heavy atom. The third-order valence-electron chi connectivity index (χ3n) is 3.14. The highest BCUT2D eigenvalue weighted by Gasteiger charge is 2.08. The molecule has 0 amide bonds. The van der Waals surface area contributed by atoms with Gasteiger partial charge in [-0.3, -0.25) is 10.1 Å². The molecule has 23 heavy (non-hydrogen) atoms. The number of aliphatic imine (C=N–C) groups is 1. The van der Waals surface area contributed by atoms with E-state index in [9.17, 15) is 8.78 Å². The largest absolute Gasteiger partial charge is 0.435 e. The van der Waals surface area contributed by atoms with Crippen LogP contribution in [0.4, 0.5) is 8.78 Å². The standard InChI is InChI=1S/C15H19F2N5O/c1-18-15(19-9-12-7-8-20-21-12)22(2)10-11-3-5-13(6-4-11)23-14(16)17/h3-8,14H,9-10H2,1-2H3,(H,18,19)(H,20,21). The Labute approximate surface area is 133 Å². The Morgan fingerprint density at radius 3 is 2.65 bits per heavy atom. The van der Waals surface area contributed by atoms with Crippen molar-refractivity contribution in [1.29, 1.82) is 0 Å². The van der Waals surface area contributed by atoms with Gasteiger partial charge in [-0.1, -0.05) is 12.1 Å². The van der Waals surface area contributed by atoms with E-state index in [0.29, 0.717) is 19.0 Å². The molecule has 0 saturated carbocycles. The third kappa shape index (κ3) is 5.24. The third-order valence-corrected chi connectivity index (χ3v) is 3.14. The molecular formula is C15H19F2N5O. The molecule has 0 fully saturated rings. The number of H-pyrrole nitrogens is 1. The van der Waals surface area contributed by atoms with Gasteiger partial charge in [0.25, 0.3) is 0 Å². The lowest BCUT2D eigenvalue weighted by Gasteiger charge is -2.22. The van der Waals surface area contributed by atoms with E-state index >= 15 is 0 Å². The maximum atomic E-state index is 12.1. The van der Waals surface area contributed by atoms with Crippen molar-refractivity contribution in [3.8, 4) is 5.75 Å². The second-order valence-corrected chi connectivity index (χ2v) is 4.86. The summed E-state index contributed by atoms with van der Waals surface area (Å²) >= 11 is 0. The van der Waals surface area contributed by atoms with Crippen LogP contribution in [-0.2, 0) is 13.1 Å². The van der Waals surface area contributed by atoms with Gasteiger partial charge in [-0.25, -0.2) is 0 Å². The Morgan fingerprint density at radius 2 is 2.09 bits per heavy atom. The summed E-state index contributed by atoms with van der Waals surface area (Å²) in [7, 11) is 3.59. The van der Waals surface area contributed by atoms with E-state index in [1.807, 2.05) is 18.0 Å². The van der Waals surface area contributed by atoms with E-state index < -0.39 is 6.61 Å². The molecule has 0 radical (unpaired) electrons. The van der Waals surface area contributed by atoms with Crippen molar-refractivity contribution in [1.82, 2.24) is 20.4 Å². The summed E-state index contributed by atoms with van der Waals surface area (Å²) in [5, 5.41) is 9.96. The molecule has 6 nitrogen and oxygen atoms in total. The van der Waals surface area contributed by atoms with Gasteiger partial charge in [0.05, 0.1) is 12.2 Å². The molecule has 0 atom stereocenters. The molecule has 0 aliphatic heterocycles. The monoisotopic (exact) mass is 323 g/mol. The van der Waals surface area contributed by atoms with E-state index in [4.69, 9.17) is 0 Å². The second kappa shape index (κ2) is 8.11. The molecule has 2 aromatic rings. The van der Waals surface area contributed by atoms with Crippen LogP contribution in [0.1, 0.15) is 11.3 Å². The molecule has 8 heteroatoms. The van der Waals surface area contributed by atoms with Gasteiger partial charge in [0, 0.05) is 26.8 Å². The number of nitrogens with one attached hydrogen (secondary N) is 2. The number of halogens is 2. The van der Waals surface area contributed by atoms with E-state index in [-0.39, 0.29) is 5.75 Å². The first-order valence-electron chi connectivity index (χ1n) is 7.02. The fourth-order valence-electron chi connectivity index (χ4n) is 2.07. The Bertz CT molecular complexity index is 613. The minimum Gasteiger partial charge on any atom is -0.435 e. The number of hydrogen-bond acceptors (Lipinski definition) is 3. The number of aromatic nitrogens is 2. The average Bonchev–Trinajstić information content (AvgIpc) is 3.03. The van der Waals surface area contributed by atoms with Crippen molar-refractivity contribution >= 4 is 5.96 Å². The summed E-state index contributed by atoms with van der Waals surface area (Å²) in [6, 6.07) is 8.42. The topological polar surface area (TPSA) is 65.5 Å². The summed E-state index contributed by atoms with van der Waals surface area (Å²) in [6.45, 7) is -1.65. The Kier molecular flexibility index (Phi) is 5.90. The normalized spacial score (nSPS) is 11.6. The van der Waals surface area contributed by atoms with Crippen molar-refractivity contribution in [3.05, 3.63) is 47.8 Å². The molecule has 1 heterocycles.